The summed E-state index contributed by atoms with van der Waals surface area (Å²) in [5, 5.41) is 4.16. The van der Waals surface area contributed by atoms with Crippen LogP contribution in [0.15, 0.2) is 33.5 Å². The van der Waals surface area contributed by atoms with E-state index in [-0.39, 0.29) is 5.69 Å². The van der Waals surface area contributed by atoms with Crippen LogP contribution < -0.4 is 21.6 Å². The molecule has 2 heterocycles. The minimum atomic E-state index is -0.468. The molecule has 5 heteroatoms. The Balaban J connectivity index is 2.16. The van der Waals surface area contributed by atoms with Gasteiger partial charge in [-0.1, -0.05) is 12.1 Å². The Kier molecular flexibility index (Phi) is 2.68. The van der Waals surface area contributed by atoms with Crippen molar-refractivity contribution in [3.63, 3.8) is 0 Å². The van der Waals surface area contributed by atoms with Crippen LogP contribution in [0, 0.1) is 0 Å². The van der Waals surface area contributed by atoms with Crippen molar-refractivity contribution >= 4 is 22.3 Å². The molecule has 0 radical (unpaired) electrons. The van der Waals surface area contributed by atoms with Crippen LogP contribution in [-0.2, 0) is 0 Å². The molecule has 5 nitrogen and oxygen atoms in total. The van der Waals surface area contributed by atoms with E-state index in [1.807, 2.05) is 18.2 Å². The molecule has 0 saturated carbocycles. The molecular formula is C13H15N3O2. The maximum Gasteiger partial charge on any atom is 0.359 e. The summed E-state index contributed by atoms with van der Waals surface area (Å²) in [6.07, 6.45) is 0. The van der Waals surface area contributed by atoms with E-state index in [1.54, 1.807) is 6.07 Å². The number of nitrogens with zero attached hydrogens (tertiary/aromatic N) is 1. The number of nitrogens with one attached hydrogen (secondary N) is 1. The standard InChI is InChI=1S/C13H15N3O2/c14-10-8-9-2-1-3-11(12(9)18-13(10)17)16-6-4-15-5-7-16/h1-3,8,15H,4-7,14H2. The van der Waals surface area contributed by atoms with Crippen molar-refractivity contribution in [2.45, 2.75) is 0 Å². The quantitative estimate of drug-likeness (QED) is 0.727. The minimum absolute atomic E-state index is 0.153. The molecule has 0 spiro atoms. The topological polar surface area (TPSA) is 71.5 Å². The smallest absolute Gasteiger partial charge is 0.359 e. The maximum atomic E-state index is 11.5. The largest absolute Gasteiger partial charge is 0.419 e. The van der Waals surface area contributed by atoms with Crippen LogP contribution in [0.1, 0.15) is 0 Å². The van der Waals surface area contributed by atoms with Gasteiger partial charge in [0.05, 0.1) is 5.69 Å². The summed E-state index contributed by atoms with van der Waals surface area (Å²) in [5.74, 6) is 0. The van der Waals surface area contributed by atoms with Crippen molar-refractivity contribution in [2.24, 2.45) is 0 Å². The van der Waals surface area contributed by atoms with Gasteiger partial charge < -0.3 is 20.4 Å². The molecule has 0 aliphatic carbocycles. The molecule has 1 aliphatic heterocycles. The second-order valence-electron chi connectivity index (χ2n) is 4.42. The second-order valence-corrected chi connectivity index (χ2v) is 4.42. The SMILES string of the molecule is Nc1cc2cccc(N3CCNCC3)c2oc1=O. The fraction of sp³-hybridized carbons (Fsp3) is 0.308. The van der Waals surface area contributed by atoms with E-state index in [2.05, 4.69) is 10.2 Å². The van der Waals surface area contributed by atoms with Crippen molar-refractivity contribution in [1.29, 1.82) is 0 Å². The summed E-state index contributed by atoms with van der Waals surface area (Å²) in [6, 6.07) is 7.51. The number of nitrogens with two attached hydrogens (primary N) is 1. The molecule has 0 unspecified atom stereocenters. The molecule has 0 bridgehead atoms. The number of anilines is 2. The third-order valence-electron chi connectivity index (χ3n) is 3.22. The van der Waals surface area contributed by atoms with Crippen LogP contribution in [0.5, 0.6) is 0 Å². The molecule has 3 N–H and O–H groups in total. The van der Waals surface area contributed by atoms with Gasteiger partial charge in [0.25, 0.3) is 0 Å². The number of benzene rings is 1. The monoisotopic (exact) mass is 245 g/mol. The lowest BCUT2D eigenvalue weighted by atomic mass is 10.1. The number of fused-ring (bicyclic) bond motifs is 1. The summed E-state index contributed by atoms with van der Waals surface area (Å²) >= 11 is 0. The predicted molar refractivity (Wildman–Crippen MR) is 72.0 cm³/mol. The van der Waals surface area contributed by atoms with E-state index in [4.69, 9.17) is 10.2 Å². The Morgan fingerprint density at radius 2 is 2.06 bits per heavy atom. The highest BCUT2D eigenvalue weighted by Crippen LogP contribution is 2.26. The molecule has 1 aromatic heterocycles. The maximum absolute atomic E-state index is 11.5. The Hall–Kier alpha value is -2.01. The molecule has 0 atom stereocenters. The van der Waals surface area contributed by atoms with Crippen molar-refractivity contribution in [3.8, 4) is 0 Å². The zero-order valence-electron chi connectivity index (χ0n) is 9.98. The summed E-state index contributed by atoms with van der Waals surface area (Å²) in [6.45, 7) is 3.70. The molecule has 1 aromatic carbocycles. The van der Waals surface area contributed by atoms with Gasteiger partial charge in [-0.25, -0.2) is 4.79 Å². The molecule has 94 valence electrons. The number of para-hydroxylation sites is 1. The normalized spacial score (nSPS) is 16.1. The first kappa shape index (κ1) is 11.1. The molecular weight excluding hydrogens is 230 g/mol. The number of rotatable bonds is 1. The first-order valence-corrected chi connectivity index (χ1v) is 6.04. The summed E-state index contributed by atoms with van der Waals surface area (Å²) in [7, 11) is 0. The lowest BCUT2D eigenvalue weighted by molar-refractivity contribution is 0.554. The van der Waals surface area contributed by atoms with Gasteiger partial charge in [-0.3, -0.25) is 0 Å². The molecule has 1 saturated heterocycles. The summed E-state index contributed by atoms with van der Waals surface area (Å²) in [4.78, 5) is 13.8. The van der Waals surface area contributed by atoms with E-state index in [0.29, 0.717) is 5.58 Å². The number of nitrogen functional groups attached to an aromatic ring is 1. The van der Waals surface area contributed by atoms with Crippen LogP contribution >= 0.6 is 0 Å². The highest BCUT2D eigenvalue weighted by molar-refractivity contribution is 5.90. The Morgan fingerprint density at radius 3 is 2.83 bits per heavy atom. The van der Waals surface area contributed by atoms with Gasteiger partial charge in [0.2, 0.25) is 0 Å². The zero-order valence-corrected chi connectivity index (χ0v) is 9.98. The van der Waals surface area contributed by atoms with Gasteiger partial charge in [-0.05, 0) is 12.1 Å². The van der Waals surface area contributed by atoms with Crippen molar-refractivity contribution in [1.82, 2.24) is 5.32 Å². The average molecular weight is 245 g/mol. The number of piperazine rings is 1. The number of hydrogen-bond acceptors (Lipinski definition) is 5. The highest BCUT2D eigenvalue weighted by atomic mass is 16.4. The van der Waals surface area contributed by atoms with E-state index >= 15 is 0 Å². The lowest BCUT2D eigenvalue weighted by Gasteiger charge is -2.29. The average Bonchev–Trinajstić information content (AvgIpc) is 2.40. The Labute approximate surface area is 104 Å². The van der Waals surface area contributed by atoms with E-state index in [1.165, 1.54) is 0 Å². The first-order valence-electron chi connectivity index (χ1n) is 6.04. The number of hydrogen-bond donors (Lipinski definition) is 2. The molecule has 1 fully saturated rings. The first-order chi connectivity index (χ1) is 8.75. The van der Waals surface area contributed by atoms with Crippen molar-refractivity contribution in [3.05, 3.63) is 34.7 Å². The van der Waals surface area contributed by atoms with Gasteiger partial charge in [0, 0.05) is 31.6 Å². The van der Waals surface area contributed by atoms with E-state index in [0.717, 1.165) is 37.3 Å². The van der Waals surface area contributed by atoms with Crippen LogP contribution in [-0.4, -0.2) is 26.2 Å². The third-order valence-corrected chi connectivity index (χ3v) is 3.22. The fourth-order valence-corrected chi connectivity index (χ4v) is 2.30. The lowest BCUT2D eigenvalue weighted by Crippen LogP contribution is -2.43. The van der Waals surface area contributed by atoms with E-state index in [9.17, 15) is 4.79 Å². The van der Waals surface area contributed by atoms with Crippen molar-refractivity contribution in [2.75, 3.05) is 36.8 Å². The molecule has 2 aromatic rings. The summed E-state index contributed by atoms with van der Waals surface area (Å²) < 4.78 is 5.33. The van der Waals surface area contributed by atoms with Crippen molar-refractivity contribution < 1.29 is 4.42 Å². The van der Waals surface area contributed by atoms with Crippen LogP contribution in [0.3, 0.4) is 0 Å². The zero-order chi connectivity index (χ0) is 12.5. The predicted octanol–water partition coefficient (Wildman–Crippen LogP) is 0.785. The van der Waals surface area contributed by atoms with Gasteiger partial charge in [0.1, 0.15) is 5.69 Å². The van der Waals surface area contributed by atoms with Gasteiger partial charge in [-0.2, -0.15) is 0 Å². The minimum Gasteiger partial charge on any atom is -0.419 e. The summed E-state index contributed by atoms with van der Waals surface area (Å²) in [5.41, 5.74) is 6.86. The Bertz CT molecular complexity index is 630. The van der Waals surface area contributed by atoms with Gasteiger partial charge in [0.15, 0.2) is 5.58 Å². The molecule has 3 rings (SSSR count). The highest BCUT2D eigenvalue weighted by Gasteiger charge is 2.15. The van der Waals surface area contributed by atoms with E-state index < -0.39 is 5.63 Å². The van der Waals surface area contributed by atoms with Crippen LogP contribution in [0.4, 0.5) is 11.4 Å². The Morgan fingerprint density at radius 1 is 1.28 bits per heavy atom. The van der Waals surface area contributed by atoms with Crippen LogP contribution in [0.2, 0.25) is 0 Å². The molecule has 1 aliphatic rings. The fourth-order valence-electron chi connectivity index (χ4n) is 2.30. The van der Waals surface area contributed by atoms with Gasteiger partial charge in [-0.15, -0.1) is 0 Å². The van der Waals surface area contributed by atoms with Crippen LogP contribution in [0.25, 0.3) is 11.0 Å². The third kappa shape index (κ3) is 1.82. The molecule has 18 heavy (non-hydrogen) atoms. The second kappa shape index (κ2) is 4.34. The molecule has 0 amide bonds. The van der Waals surface area contributed by atoms with Gasteiger partial charge >= 0.3 is 5.63 Å².